The van der Waals surface area contributed by atoms with E-state index in [2.05, 4.69) is 15.3 Å². The Morgan fingerprint density at radius 2 is 1.84 bits per heavy atom. The van der Waals surface area contributed by atoms with Crippen LogP contribution >= 0.6 is 11.6 Å². The molecule has 0 spiro atoms. The summed E-state index contributed by atoms with van der Waals surface area (Å²) in [4.78, 5) is 31.6. The lowest BCUT2D eigenvalue weighted by atomic mass is 10.1. The van der Waals surface area contributed by atoms with E-state index in [1.807, 2.05) is 24.3 Å². The van der Waals surface area contributed by atoms with E-state index in [9.17, 15) is 9.59 Å². The summed E-state index contributed by atoms with van der Waals surface area (Å²) in [6, 6.07) is 22.9. The zero-order valence-corrected chi connectivity index (χ0v) is 18.0. The van der Waals surface area contributed by atoms with Gasteiger partial charge in [0.1, 0.15) is 18.2 Å². The minimum absolute atomic E-state index is 0.225. The number of halogens is 1. The number of carbonyl (C=O) groups excluding carboxylic acids is 1. The number of hydrogen-bond acceptors (Lipinski definition) is 4. The van der Waals surface area contributed by atoms with Gasteiger partial charge in [-0.25, -0.2) is 4.98 Å². The molecule has 32 heavy (non-hydrogen) atoms. The lowest BCUT2D eigenvalue weighted by Crippen LogP contribution is -2.12. The van der Waals surface area contributed by atoms with Gasteiger partial charge in [0.05, 0.1) is 0 Å². The molecule has 0 saturated carbocycles. The Hall–Kier alpha value is -3.90. The lowest BCUT2D eigenvalue weighted by molar-refractivity contribution is 0.102. The van der Waals surface area contributed by atoms with E-state index >= 15 is 0 Å². The molecule has 0 bridgehead atoms. The first-order valence-electron chi connectivity index (χ1n) is 9.93. The average Bonchev–Trinajstić information content (AvgIpc) is 2.77. The summed E-state index contributed by atoms with van der Waals surface area (Å²) in [6.07, 6.45) is 0. The van der Waals surface area contributed by atoms with Crippen LogP contribution in [0.5, 0.6) is 5.75 Å². The van der Waals surface area contributed by atoms with Crippen LogP contribution in [-0.2, 0) is 6.61 Å². The van der Waals surface area contributed by atoms with Crippen LogP contribution in [-0.4, -0.2) is 15.9 Å². The minimum Gasteiger partial charge on any atom is -0.489 e. The van der Waals surface area contributed by atoms with Gasteiger partial charge in [0.15, 0.2) is 0 Å². The second kappa shape index (κ2) is 9.49. The molecule has 0 saturated heterocycles. The van der Waals surface area contributed by atoms with Crippen molar-refractivity contribution in [3.8, 4) is 17.1 Å². The van der Waals surface area contributed by atoms with Crippen molar-refractivity contribution >= 4 is 23.2 Å². The van der Waals surface area contributed by atoms with Crippen LogP contribution in [0.3, 0.4) is 0 Å². The highest BCUT2D eigenvalue weighted by Gasteiger charge is 2.09. The molecule has 0 radical (unpaired) electrons. The number of aromatic nitrogens is 2. The standard InChI is InChI=1S/C25H20ClN3O3/c1-16-11-23(30)29-24(27-16)18-6-3-9-21(13-18)28-25(31)19-7-4-10-22(14-19)32-15-17-5-2-8-20(26)12-17/h2-14H,15H2,1H3,(H,28,31)(H,27,29,30). The van der Waals surface area contributed by atoms with Crippen molar-refractivity contribution in [3.05, 3.63) is 111 Å². The predicted molar refractivity (Wildman–Crippen MR) is 125 cm³/mol. The molecule has 4 rings (SSSR count). The highest BCUT2D eigenvalue weighted by molar-refractivity contribution is 6.30. The van der Waals surface area contributed by atoms with E-state index in [0.717, 1.165) is 5.56 Å². The van der Waals surface area contributed by atoms with Gasteiger partial charge in [0, 0.05) is 33.6 Å². The van der Waals surface area contributed by atoms with E-state index in [4.69, 9.17) is 16.3 Å². The second-order valence-electron chi connectivity index (χ2n) is 7.22. The Labute approximate surface area is 189 Å². The topological polar surface area (TPSA) is 84.1 Å². The Kier molecular flexibility index (Phi) is 6.33. The van der Waals surface area contributed by atoms with Gasteiger partial charge in [-0.05, 0) is 55.0 Å². The van der Waals surface area contributed by atoms with Gasteiger partial charge in [0.2, 0.25) is 0 Å². The van der Waals surface area contributed by atoms with Crippen LogP contribution in [0.4, 0.5) is 5.69 Å². The maximum absolute atomic E-state index is 12.8. The normalized spacial score (nSPS) is 10.6. The number of ether oxygens (including phenoxy) is 1. The fourth-order valence-electron chi connectivity index (χ4n) is 3.18. The van der Waals surface area contributed by atoms with Crippen molar-refractivity contribution in [2.24, 2.45) is 0 Å². The monoisotopic (exact) mass is 445 g/mol. The molecule has 160 valence electrons. The number of nitrogens with zero attached hydrogens (tertiary/aromatic N) is 1. The summed E-state index contributed by atoms with van der Waals surface area (Å²) in [5, 5.41) is 3.52. The van der Waals surface area contributed by atoms with Crippen molar-refractivity contribution in [1.29, 1.82) is 0 Å². The summed E-state index contributed by atoms with van der Waals surface area (Å²) in [5.41, 5.74) is 3.07. The lowest BCUT2D eigenvalue weighted by Gasteiger charge is -2.10. The van der Waals surface area contributed by atoms with Crippen LogP contribution < -0.4 is 15.6 Å². The Morgan fingerprint density at radius 3 is 2.66 bits per heavy atom. The fraction of sp³-hybridized carbons (Fsp3) is 0.0800. The molecule has 1 amide bonds. The number of aryl methyl sites for hydroxylation is 1. The first-order valence-corrected chi connectivity index (χ1v) is 10.3. The molecule has 0 unspecified atom stereocenters. The molecule has 1 aromatic heterocycles. The first-order chi connectivity index (χ1) is 15.5. The Balaban J connectivity index is 1.47. The predicted octanol–water partition coefficient (Wildman–Crippen LogP) is 5.23. The SMILES string of the molecule is Cc1cc(=O)[nH]c(-c2cccc(NC(=O)c3cccc(OCc4cccc(Cl)c4)c3)c2)n1. The van der Waals surface area contributed by atoms with Gasteiger partial charge in [-0.3, -0.25) is 9.59 Å². The third-order valence-corrected chi connectivity index (χ3v) is 4.89. The molecule has 4 aromatic rings. The third-order valence-electron chi connectivity index (χ3n) is 4.65. The van der Waals surface area contributed by atoms with Crippen molar-refractivity contribution in [3.63, 3.8) is 0 Å². The Morgan fingerprint density at radius 1 is 1.03 bits per heavy atom. The summed E-state index contributed by atoms with van der Waals surface area (Å²) < 4.78 is 5.81. The van der Waals surface area contributed by atoms with Crippen molar-refractivity contribution in [1.82, 2.24) is 9.97 Å². The first kappa shape index (κ1) is 21.3. The average molecular weight is 446 g/mol. The van der Waals surface area contributed by atoms with Crippen LogP contribution in [0, 0.1) is 6.92 Å². The van der Waals surface area contributed by atoms with E-state index in [-0.39, 0.29) is 11.5 Å². The van der Waals surface area contributed by atoms with Crippen LogP contribution in [0.1, 0.15) is 21.6 Å². The van der Waals surface area contributed by atoms with Crippen molar-refractivity contribution in [2.45, 2.75) is 13.5 Å². The third kappa shape index (κ3) is 5.42. The molecule has 1 heterocycles. The molecule has 0 aliphatic rings. The number of aromatic amines is 1. The number of H-pyrrole nitrogens is 1. The number of hydrogen-bond donors (Lipinski definition) is 2. The molecular weight excluding hydrogens is 426 g/mol. The largest absolute Gasteiger partial charge is 0.489 e. The zero-order valence-electron chi connectivity index (χ0n) is 17.3. The maximum Gasteiger partial charge on any atom is 0.255 e. The summed E-state index contributed by atoms with van der Waals surface area (Å²) in [6.45, 7) is 2.10. The molecule has 0 fully saturated rings. The van der Waals surface area contributed by atoms with Crippen molar-refractivity contribution in [2.75, 3.05) is 5.32 Å². The quantitative estimate of drug-likeness (QED) is 0.425. The molecule has 0 aliphatic carbocycles. The minimum atomic E-state index is -0.277. The number of benzene rings is 3. The van der Waals surface area contributed by atoms with Gasteiger partial charge < -0.3 is 15.0 Å². The summed E-state index contributed by atoms with van der Waals surface area (Å²) in [7, 11) is 0. The van der Waals surface area contributed by atoms with Crippen molar-refractivity contribution < 1.29 is 9.53 Å². The Bertz CT molecular complexity index is 1330. The summed E-state index contributed by atoms with van der Waals surface area (Å²) >= 11 is 6.01. The highest BCUT2D eigenvalue weighted by atomic mass is 35.5. The number of nitrogens with one attached hydrogen (secondary N) is 2. The van der Waals surface area contributed by atoms with Crippen LogP contribution in [0.2, 0.25) is 5.02 Å². The van der Waals surface area contributed by atoms with Crippen LogP contribution in [0.15, 0.2) is 83.7 Å². The molecule has 0 aliphatic heterocycles. The molecular formula is C25H20ClN3O3. The highest BCUT2D eigenvalue weighted by Crippen LogP contribution is 2.21. The van der Waals surface area contributed by atoms with E-state index < -0.39 is 0 Å². The number of rotatable bonds is 6. The van der Waals surface area contributed by atoms with Crippen LogP contribution in [0.25, 0.3) is 11.4 Å². The van der Waals surface area contributed by atoms with Gasteiger partial charge >= 0.3 is 0 Å². The molecule has 0 atom stereocenters. The van der Waals surface area contributed by atoms with Gasteiger partial charge in [-0.2, -0.15) is 0 Å². The fourth-order valence-corrected chi connectivity index (χ4v) is 3.40. The number of carbonyl (C=O) groups is 1. The summed E-state index contributed by atoms with van der Waals surface area (Å²) in [5.74, 6) is 0.747. The molecule has 3 aromatic carbocycles. The molecule has 7 heteroatoms. The van der Waals surface area contributed by atoms with E-state index in [1.54, 1.807) is 55.5 Å². The molecule has 6 nitrogen and oxygen atoms in total. The molecule has 2 N–H and O–H groups in total. The van der Waals surface area contributed by atoms with Gasteiger partial charge in [0.25, 0.3) is 11.5 Å². The smallest absolute Gasteiger partial charge is 0.255 e. The van der Waals surface area contributed by atoms with Gasteiger partial charge in [-0.1, -0.05) is 41.9 Å². The maximum atomic E-state index is 12.8. The second-order valence-corrected chi connectivity index (χ2v) is 7.65. The number of amides is 1. The van der Waals surface area contributed by atoms with Gasteiger partial charge in [-0.15, -0.1) is 0 Å². The zero-order chi connectivity index (χ0) is 22.5. The number of anilines is 1. The van der Waals surface area contributed by atoms with E-state index in [1.165, 1.54) is 6.07 Å². The van der Waals surface area contributed by atoms with E-state index in [0.29, 0.717) is 45.7 Å².